The molecule has 0 aromatic carbocycles. The molecule has 2 heterocycles. The Hall–Kier alpha value is -2.35. The molecule has 17 heavy (non-hydrogen) atoms. The summed E-state index contributed by atoms with van der Waals surface area (Å²) in [6, 6.07) is 7.49. The Morgan fingerprint density at radius 1 is 1.53 bits per heavy atom. The maximum absolute atomic E-state index is 10.8. The van der Waals surface area contributed by atoms with Crippen LogP contribution in [0.25, 0.3) is 5.52 Å². The Balaban J connectivity index is 2.14. The van der Waals surface area contributed by atoms with E-state index in [0.717, 1.165) is 23.9 Å². The van der Waals surface area contributed by atoms with E-state index in [1.54, 1.807) is 12.3 Å². The molecule has 0 aliphatic heterocycles. The molecule has 0 unspecified atom stereocenters. The summed E-state index contributed by atoms with van der Waals surface area (Å²) in [5, 5.41) is 21.9. The average Bonchev–Trinajstić information content (AvgIpc) is 3.00. The fourth-order valence-corrected chi connectivity index (χ4v) is 1.96. The number of hydrogen-bond acceptors (Lipinski definition) is 3. The van der Waals surface area contributed by atoms with Crippen molar-refractivity contribution in [1.29, 1.82) is 5.26 Å². The second-order valence-electron chi connectivity index (χ2n) is 4.32. The highest BCUT2D eigenvalue weighted by Gasteiger charge is 2.45. The van der Waals surface area contributed by atoms with Gasteiger partial charge in [-0.25, -0.2) is 9.31 Å². The minimum absolute atomic E-state index is 0.0176. The highest BCUT2D eigenvalue weighted by Crippen LogP contribution is 2.47. The molecule has 84 valence electrons. The molecule has 1 fully saturated rings. The number of aromatic nitrogens is 2. The third-order valence-electron chi connectivity index (χ3n) is 3.20. The quantitative estimate of drug-likeness (QED) is 0.844. The van der Waals surface area contributed by atoms with Crippen LogP contribution < -0.4 is 0 Å². The van der Waals surface area contributed by atoms with E-state index in [-0.39, 0.29) is 11.1 Å². The number of nitrogens with zero attached hydrogens (tertiary/aromatic N) is 3. The van der Waals surface area contributed by atoms with Crippen molar-refractivity contribution in [3.05, 3.63) is 35.7 Å². The van der Waals surface area contributed by atoms with E-state index in [4.69, 9.17) is 10.4 Å². The van der Waals surface area contributed by atoms with Gasteiger partial charge in [-0.1, -0.05) is 6.07 Å². The van der Waals surface area contributed by atoms with Crippen LogP contribution in [0, 0.1) is 11.3 Å². The lowest BCUT2D eigenvalue weighted by molar-refractivity contribution is 0.0690. The Morgan fingerprint density at radius 3 is 2.88 bits per heavy atom. The van der Waals surface area contributed by atoms with Gasteiger partial charge < -0.3 is 5.11 Å². The van der Waals surface area contributed by atoms with Gasteiger partial charge in [-0.15, -0.1) is 0 Å². The fourth-order valence-electron chi connectivity index (χ4n) is 1.96. The lowest BCUT2D eigenvalue weighted by Crippen LogP contribution is -2.04. The van der Waals surface area contributed by atoms with E-state index in [9.17, 15) is 4.79 Å². The summed E-state index contributed by atoms with van der Waals surface area (Å²) in [4.78, 5) is 10.8. The van der Waals surface area contributed by atoms with Gasteiger partial charge >= 0.3 is 5.97 Å². The zero-order valence-electron chi connectivity index (χ0n) is 8.92. The monoisotopic (exact) mass is 227 g/mol. The van der Waals surface area contributed by atoms with E-state index < -0.39 is 5.97 Å². The van der Waals surface area contributed by atoms with Gasteiger partial charge in [0.2, 0.25) is 0 Å². The molecular formula is C12H9N3O2. The molecule has 1 aliphatic rings. The van der Waals surface area contributed by atoms with Crippen LogP contribution in [0.4, 0.5) is 0 Å². The van der Waals surface area contributed by atoms with Gasteiger partial charge in [0, 0.05) is 6.20 Å². The van der Waals surface area contributed by atoms with Gasteiger partial charge in [0.15, 0.2) is 5.69 Å². The Labute approximate surface area is 96.9 Å². The third kappa shape index (κ3) is 1.38. The Morgan fingerprint density at radius 2 is 2.29 bits per heavy atom. The zero-order chi connectivity index (χ0) is 12.0. The second kappa shape index (κ2) is 3.08. The van der Waals surface area contributed by atoms with Gasteiger partial charge in [0.05, 0.1) is 17.0 Å². The number of fused-ring (bicyclic) bond motifs is 1. The van der Waals surface area contributed by atoms with E-state index in [2.05, 4.69) is 11.2 Å². The molecule has 0 bridgehead atoms. The molecule has 1 aliphatic carbocycles. The lowest BCUT2D eigenvalue weighted by Gasteiger charge is -2.05. The topological polar surface area (TPSA) is 78.4 Å². The summed E-state index contributed by atoms with van der Waals surface area (Å²) < 4.78 is 1.52. The number of carbonyl (C=O) groups is 1. The van der Waals surface area contributed by atoms with E-state index in [1.165, 1.54) is 10.6 Å². The molecule has 0 saturated heterocycles. The smallest absolute Gasteiger partial charge is 0.356 e. The van der Waals surface area contributed by atoms with Crippen molar-refractivity contribution >= 4 is 11.5 Å². The summed E-state index contributed by atoms with van der Waals surface area (Å²) >= 11 is 0. The number of rotatable bonds is 2. The highest BCUT2D eigenvalue weighted by molar-refractivity contribution is 5.87. The number of carboxylic acid groups (broad SMARTS) is 1. The molecule has 5 heteroatoms. The van der Waals surface area contributed by atoms with Gasteiger partial charge in [-0.2, -0.15) is 10.4 Å². The summed E-state index contributed by atoms with van der Waals surface area (Å²) in [7, 11) is 0. The van der Waals surface area contributed by atoms with Crippen LogP contribution in [-0.2, 0) is 5.41 Å². The standard InChI is InChI=1S/C12H9N3O2/c13-7-12(3-4-12)8-1-2-9-5-10(11(16)17)14-15(9)6-8/h1-2,5-6H,3-4H2,(H,16,17). The normalized spacial score (nSPS) is 16.6. The van der Waals surface area contributed by atoms with Crippen LogP contribution in [0.2, 0.25) is 0 Å². The largest absolute Gasteiger partial charge is 0.476 e. The van der Waals surface area contributed by atoms with Crippen LogP contribution >= 0.6 is 0 Å². The SMILES string of the molecule is N#CC1(c2ccc3cc(C(=O)O)nn3c2)CC1. The van der Waals surface area contributed by atoms with Gasteiger partial charge in [0.1, 0.15) is 0 Å². The van der Waals surface area contributed by atoms with Crippen molar-refractivity contribution in [2.45, 2.75) is 18.3 Å². The molecule has 2 aromatic rings. The predicted molar refractivity (Wildman–Crippen MR) is 58.7 cm³/mol. The number of carboxylic acids is 1. The van der Waals surface area contributed by atoms with Gasteiger partial charge in [-0.05, 0) is 30.5 Å². The number of nitriles is 1. The molecule has 0 radical (unpaired) electrons. The van der Waals surface area contributed by atoms with Crippen molar-refractivity contribution in [3.63, 3.8) is 0 Å². The maximum Gasteiger partial charge on any atom is 0.356 e. The molecule has 1 N–H and O–H groups in total. The minimum Gasteiger partial charge on any atom is -0.476 e. The summed E-state index contributed by atoms with van der Waals surface area (Å²) in [6.07, 6.45) is 3.47. The van der Waals surface area contributed by atoms with Crippen molar-refractivity contribution in [3.8, 4) is 6.07 Å². The van der Waals surface area contributed by atoms with Crippen molar-refractivity contribution in [2.75, 3.05) is 0 Å². The first-order valence-corrected chi connectivity index (χ1v) is 5.29. The second-order valence-corrected chi connectivity index (χ2v) is 4.32. The van der Waals surface area contributed by atoms with Crippen molar-refractivity contribution in [2.24, 2.45) is 0 Å². The Bertz CT molecular complexity index is 662. The van der Waals surface area contributed by atoms with E-state index >= 15 is 0 Å². The first-order chi connectivity index (χ1) is 8.14. The zero-order valence-corrected chi connectivity index (χ0v) is 8.92. The summed E-state index contributed by atoms with van der Waals surface area (Å²) in [5.41, 5.74) is 1.28. The van der Waals surface area contributed by atoms with E-state index in [1.807, 2.05) is 6.07 Å². The van der Waals surface area contributed by atoms with Crippen molar-refractivity contribution < 1.29 is 9.90 Å². The number of pyridine rings is 1. The highest BCUT2D eigenvalue weighted by atomic mass is 16.4. The molecule has 2 aromatic heterocycles. The number of hydrogen-bond donors (Lipinski definition) is 1. The van der Waals surface area contributed by atoms with E-state index in [0.29, 0.717) is 0 Å². The molecule has 3 rings (SSSR count). The lowest BCUT2D eigenvalue weighted by atomic mass is 10.00. The van der Waals surface area contributed by atoms with Crippen LogP contribution in [0.3, 0.4) is 0 Å². The van der Waals surface area contributed by atoms with Crippen LogP contribution in [0.1, 0.15) is 28.9 Å². The summed E-state index contributed by atoms with van der Waals surface area (Å²) in [6.45, 7) is 0. The molecule has 1 saturated carbocycles. The molecular weight excluding hydrogens is 218 g/mol. The molecule has 0 amide bonds. The van der Waals surface area contributed by atoms with Gasteiger partial charge in [-0.3, -0.25) is 0 Å². The fraction of sp³-hybridized carbons (Fsp3) is 0.250. The van der Waals surface area contributed by atoms with Crippen LogP contribution in [-0.4, -0.2) is 20.7 Å². The van der Waals surface area contributed by atoms with Crippen molar-refractivity contribution in [1.82, 2.24) is 9.61 Å². The molecule has 0 spiro atoms. The maximum atomic E-state index is 10.8. The number of aromatic carboxylic acids is 1. The molecule has 5 nitrogen and oxygen atoms in total. The van der Waals surface area contributed by atoms with Gasteiger partial charge in [0.25, 0.3) is 0 Å². The first kappa shape index (κ1) is 9.85. The minimum atomic E-state index is -1.04. The Kier molecular flexibility index (Phi) is 1.78. The average molecular weight is 227 g/mol. The summed E-state index contributed by atoms with van der Waals surface area (Å²) in [5.74, 6) is -1.04. The first-order valence-electron chi connectivity index (χ1n) is 5.29. The predicted octanol–water partition coefficient (Wildman–Crippen LogP) is 1.59. The van der Waals surface area contributed by atoms with Crippen LogP contribution in [0.5, 0.6) is 0 Å². The third-order valence-corrected chi connectivity index (χ3v) is 3.20. The molecule has 0 atom stereocenters. The van der Waals surface area contributed by atoms with Crippen LogP contribution in [0.15, 0.2) is 24.4 Å².